The van der Waals surface area contributed by atoms with Gasteiger partial charge in [-0.15, -0.1) is 0 Å². The summed E-state index contributed by atoms with van der Waals surface area (Å²) in [5, 5.41) is 8.78. The van der Waals surface area contributed by atoms with Crippen molar-refractivity contribution in [2.45, 2.75) is 12.2 Å². The molecule has 15 heavy (non-hydrogen) atoms. The molecule has 3 aliphatic heterocycles. The smallest absolute Gasteiger partial charge is 0.236 e. The molecule has 0 aromatic rings. The van der Waals surface area contributed by atoms with Gasteiger partial charge >= 0.3 is 0 Å². The van der Waals surface area contributed by atoms with Crippen LogP contribution in [0.15, 0.2) is 12.2 Å². The first-order valence-corrected chi connectivity index (χ1v) is 5.04. The Morgan fingerprint density at radius 1 is 1.20 bits per heavy atom. The number of ether oxygens (including phenoxy) is 1. The van der Waals surface area contributed by atoms with Gasteiger partial charge in [-0.1, -0.05) is 12.2 Å². The van der Waals surface area contributed by atoms with E-state index in [1.54, 1.807) is 0 Å². The first kappa shape index (κ1) is 9.06. The number of nitrogens with zero attached hydrogens (tertiary/aromatic N) is 1. The van der Waals surface area contributed by atoms with Gasteiger partial charge in [-0.3, -0.25) is 14.5 Å². The normalized spacial score (nSPS) is 41.8. The zero-order valence-corrected chi connectivity index (χ0v) is 8.00. The molecule has 2 bridgehead atoms. The summed E-state index contributed by atoms with van der Waals surface area (Å²) in [6, 6.07) is 0. The number of hydrogen-bond acceptors (Lipinski definition) is 4. The highest BCUT2D eigenvalue weighted by Gasteiger charge is 2.60. The molecule has 80 valence electrons. The van der Waals surface area contributed by atoms with Crippen LogP contribution in [0, 0.1) is 11.8 Å². The van der Waals surface area contributed by atoms with E-state index in [1.165, 1.54) is 0 Å². The van der Waals surface area contributed by atoms with Crippen molar-refractivity contribution in [3.63, 3.8) is 0 Å². The first-order valence-electron chi connectivity index (χ1n) is 5.04. The molecule has 2 saturated heterocycles. The fraction of sp³-hybridized carbons (Fsp3) is 0.600. The summed E-state index contributed by atoms with van der Waals surface area (Å²) in [5.74, 6) is -1.09. The van der Waals surface area contributed by atoms with Crippen LogP contribution in [0.25, 0.3) is 0 Å². The summed E-state index contributed by atoms with van der Waals surface area (Å²) < 4.78 is 5.46. The lowest BCUT2D eigenvalue weighted by Gasteiger charge is -2.15. The van der Waals surface area contributed by atoms with Crippen molar-refractivity contribution >= 4 is 11.8 Å². The molecule has 0 unspecified atom stereocenters. The number of likely N-dealkylation sites (tertiary alicyclic amines) is 1. The highest BCUT2D eigenvalue weighted by atomic mass is 16.5. The predicted molar refractivity (Wildman–Crippen MR) is 48.6 cm³/mol. The Labute approximate surface area is 86.3 Å². The molecule has 2 amide bonds. The third-order valence-corrected chi connectivity index (χ3v) is 3.33. The van der Waals surface area contributed by atoms with Gasteiger partial charge in [0.25, 0.3) is 0 Å². The van der Waals surface area contributed by atoms with E-state index in [0.717, 1.165) is 4.90 Å². The summed E-state index contributed by atoms with van der Waals surface area (Å²) >= 11 is 0. The van der Waals surface area contributed by atoms with E-state index in [1.807, 2.05) is 12.2 Å². The summed E-state index contributed by atoms with van der Waals surface area (Å²) in [6.45, 7) is -0.0787. The van der Waals surface area contributed by atoms with Gasteiger partial charge in [0.15, 0.2) is 0 Å². The van der Waals surface area contributed by atoms with E-state index in [2.05, 4.69) is 0 Å². The van der Waals surface area contributed by atoms with Crippen LogP contribution in [-0.2, 0) is 14.3 Å². The number of aliphatic hydroxyl groups is 1. The number of fused-ring (bicyclic) bond motifs is 5. The maximum atomic E-state index is 11.9. The van der Waals surface area contributed by atoms with Gasteiger partial charge in [-0.2, -0.15) is 0 Å². The second-order valence-corrected chi connectivity index (χ2v) is 4.05. The van der Waals surface area contributed by atoms with E-state index >= 15 is 0 Å². The number of rotatable bonds is 2. The molecular weight excluding hydrogens is 198 g/mol. The average Bonchev–Trinajstić information content (AvgIpc) is 2.87. The van der Waals surface area contributed by atoms with Gasteiger partial charge in [0.1, 0.15) is 0 Å². The number of carbonyl (C=O) groups is 2. The number of carbonyl (C=O) groups excluding carboxylic acids is 2. The average molecular weight is 209 g/mol. The van der Waals surface area contributed by atoms with E-state index in [0.29, 0.717) is 0 Å². The lowest BCUT2D eigenvalue weighted by atomic mass is 9.85. The summed E-state index contributed by atoms with van der Waals surface area (Å²) in [5.41, 5.74) is 0. The molecule has 5 nitrogen and oxygen atoms in total. The molecule has 0 aromatic carbocycles. The van der Waals surface area contributed by atoms with Gasteiger partial charge in [0, 0.05) is 0 Å². The Balaban J connectivity index is 1.93. The van der Waals surface area contributed by atoms with Crippen molar-refractivity contribution in [1.82, 2.24) is 4.90 Å². The van der Waals surface area contributed by atoms with Crippen molar-refractivity contribution in [1.29, 1.82) is 0 Å². The molecule has 0 radical (unpaired) electrons. The van der Waals surface area contributed by atoms with Gasteiger partial charge < -0.3 is 9.84 Å². The second kappa shape index (κ2) is 2.90. The largest absolute Gasteiger partial charge is 0.395 e. The van der Waals surface area contributed by atoms with Gasteiger partial charge in [0.2, 0.25) is 11.8 Å². The Kier molecular flexibility index (Phi) is 1.75. The van der Waals surface area contributed by atoms with Crippen LogP contribution in [0.3, 0.4) is 0 Å². The Hall–Kier alpha value is -1.20. The zero-order valence-electron chi connectivity index (χ0n) is 8.00. The van der Waals surface area contributed by atoms with Crippen molar-refractivity contribution in [2.75, 3.05) is 13.2 Å². The second-order valence-electron chi connectivity index (χ2n) is 4.05. The van der Waals surface area contributed by atoms with Crippen LogP contribution in [0.5, 0.6) is 0 Å². The number of amides is 2. The third kappa shape index (κ3) is 0.992. The molecule has 3 rings (SSSR count). The minimum atomic E-state index is -0.348. The predicted octanol–water partition coefficient (Wildman–Crippen LogP) is -1.08. The van der Waals surface area contributed by atoms with E-state index in [4.69, 9.17) is 9.84 Å². The van der Waals surface area contributed by atoms with Crippen LogP contribution < -0.4 is 0 Å². The van der Waals surface area contributed by atoms with Gasteiger partial charge in [-0.05, 0) is 0 Å². The number of aliphatic hydroxyl groups excluding tert-OH is 1. The minimum Gasteiger partial charge on any atom is -0.395 e. The topological polar surface area (TPSA) is 66.8 Å². The minimum absolute atomic E-state index is 0.101. The summed E-state index contributed by atoms with van der Waals surface area (Å²) in [6.07, 6.45) is 3.22. The standard InChI is InChI=1S/C10H11NO4/c12-4-3-11-9(13)7-5-1-2-6(15-5)8(7)10(11)14/h1-2,5-8,12H,3-4H2/t5-,6+,7-,8+. The van der Waals surface area contributed by atoms with Crippen molar-refractivity contribution in [3.8, 4) is 0 Å². The van der Waals surface area contributed by atoms with E-state index in [-0.39, 0.29) is 49.0 Å². The maximum absolute atomic E-state index is 11.9. The fourth-order valence-corrected chi connectivity index (χ4v) is 2.69. The van der Waals surface area contributed by atoms with E-state index in [9.17, 15) is 9.59 Å². The van der Waals surface area contributed by atoms with Crippen molar-refractivity contribution in [2.24, 2.45) is 11.8 Å². The zero-order chi connectivity index (χ0) is 10.6. The molecule has 4 atom stereocenters. The monoisotopic (exact) mass is 209 g/mol. The first-order chi connectivity index (χ1) is 7.24. The van der Waals surface area contributed by atoms with Crippen LogP contribution in [0.1, 0.15) is 0 Å². The molecule has 2 fully saturated rings. The highest BCUT2D eigenvalue weighted by Crippen LogP contribution is 2.44. The molecule has 0 aliphatic carbocycles. The molecule has 0 aromatic heterocycles. The number of β-amino-alcohol motifs (C(OH)–C–C–N with tert-alkyl or cyclic N) is 1. The Morgan fingerprint density at radius 2 is 1.73 bits per heavy atom. The number of hydrogen-bond donors (Lipinski definition) is 1. The lowest BCUT2D eigenvalue weighted by molar-refractivity contribution is -0.142. The molecule has 1 N–H and O–H groups in total. The third-order valence-electron chi connectivity index (χ3n) is 3.33. The molecule has 3 heterocycles. The molecule has 5 heteroatoms. The van der Waals surface area contributed by atoms with Crippen LogP contribution >= 0.6 is 0 Å². The van der Waals surface area contributed by atoms with E-state index < -0.39 is 0 Å². The Bertz CT molecular complexity index is 334. The van der Waals surface area contributed by atoms with Crippen LogP contribution in [0.4, 0.5) is 0 Å². The highest BCUT2D eigenvalue weighted by molar-refractivity contribution is 6.06. The number of imide groups is 1. The SMILES string of the molecule is O=C1[C@@H]2[C@H](C(=O)N1CCO)[C@H]1C=C[C@@H]2O1. The summed E-state index contributed by atoms with van der Waals surface area (Å²) in [4.78, 5) is 24.9. The quantitative estimate of drug-likeness (QED) is 0.464. The maximum Gasteiger partial charge on any atom is 0.236 e. The molecule has 3 aliphatic rings. The molecule has 0 saturated carbocycles. The molecule has 0 spiro atoms. The van der Waals surface area contributed by atoms with Gasteiger partial charge in [-0.25, -0.2) is 0 Å². The van der Waals surface area contributed by atoms with Crippen LogP contribution in [0.2, 0.25) is 0 Å². The summed E-state index contributed by atoms with van der Waals surface area (Å²) in [7, 11) is 0. The van der Waals surface area contributed by atoms with Crippen LogP contribution in [-0.4, -0.2) is 47.2 Å². The van der Waals surface area contributed by atoms with Crippen molar-refractivity contribution < 1.29 is 19.4 Å². The molecular formula is C10H11NO4. The van der Waals surface area contributed by atoms with Crippen molar-refractivity contribution in [3.05, 3.63) is 12.2 Å². The fourth-order valence-electron chi connectivity index (χ4n) is 2.69. The lowest BCUT2D eigenvalue weighted by Crippen LogP contribution is -2.36. The van der Waals surface area contributed by atoms with Gasteiger partial charge in [0.05, 0.1) is 37.2 Å². The Morgan fingerprint density at radius 3 is 2.20 bits per heavy atom.